The van der Waals surface area contributed by atoms with Crippen LogP contribution in [0.3, 0.4) is 0 Å². The Labute approximate surface area is 140 Å². The molecule has 0 bridgehead atoms. The zero-order valence-corrected chi connectivity index (χ0v) is 13.7. The van der Waals surface area contributed by atoms with E-state index in [-0.39, 0.29) is 5.82 Å². The van der Waals surface area contributed by atoms with Gasteiger partial charge in [-0.25, -0.2) is 14.2 Å². The number of ether oxygens (including phenoxy) is 1. The van der Waals surface area contributed by atoms with Crippen molar-refractivity contribution in [1.29, 1.82) is 0 Å². The normalized spacial score (nSPS) is 15.5. The maximum Gasteiger partial charge on any atom is 0.363 e. The molecule has 0 atom stereocenters. The number of aryl methyl sites for hydroxylation is 3. The van der Waals surface area contributed by atoms with Crippen LogP contribution in [-0.2, 0) is 16.0 Å². The lowest BCUT2D eigenvalue weighted by Gasteiger charge is -2.01. The molecule has 3 nitrogen and oxygen atoms in total. The Morgan fingerprint density at radius 2 is 1.83 bits per heavy atom. The topological polar surface area (TPSA) is 38.7 Å². The first-order chi connectivity index (χ1) is 11.5. The first-order valence-corrected chi connectivity index (χ1v) is 7.84. The van der Waals surface area contributed by atoms with Gasteiger partial charge in [0.1, 0.15) is 5.82 Å². The molecule has 1 aliphatic rings. The highest BCUT2D eigenvalue weighted by Gasteiger charge is 2.22. The lowest BCUT2D eigenvalue weighted by molar-refractivity contribution is -0.130. The SMILES string of the molecule is Cc1ccc(C)c(/C=C2/N=C(CCc3ccc(F)cc3)OC2=O)c1. The van der Waals surface area contributed by atoms with Gasteiger partial charge in [0.25, 0.3) is 0 Å². The maximum absolute atomic E-state index is 12.9. The first kappa shape index (κ1) is 16.1. The molecule has 0 unspecified atom stereocenters. The number of cyclic esters (lactones) is 1. The fraction of sp³-hybridized carbons (Fsp3) is 0.200. The molecule has 0 aromatic heterocycles. The monoisotopic (exact) mass is 323 g/mol. The number of rotatable bonds is 4. The lowest BCUT2D eigenvalue weighted by atomic mass is 10.0. The number of carbonyl (C=O) groups excluding carboxylic acids is 1. The Morgan fingerprint density at radius 1 is 1.08 bits per heavy atom. The molecule has 3 rings (SSSR count). The van der Waals surface area contributed by atoms with Crippen LogP contribution in [0.25, 0.3) is 6.08 Å². The minimum absolute atomic E-state index is 0.262. The summed E-state index contributed by atoms with van der Waals surface area (Å²) in [5.74, 6) is -0.284. The Hall–Kier alpha value is -2.75. The molecular weight excluding hydrogens is 305 g/mol. The average Bonchev–Trinajstić information content (AvgIpc) is 2.90. The molecule has 0 fully saturated rings. The molecule has 0 saturated carbocycles. The Bertz CT molecular complexity index is 835. The van der Waals surface area contributed by atoms with Crippen LogP contribution in [0.5, 0.6) is 0 Å². The molecule has 122 valence electrons. The van der Waals surface area contributed by atoms with E-state index in [1.807, 2.05) is 32.0 Å². The predicted octanol–water partition coefficient (Wildman–Crippen LogP) is 4.37. The highest BCUT2D eigenvalue weighted by atomic mass is 19.1. The summed E-state index contributed by atoms with van der Waals surface area (Å²) in [4.78, 5) is 16.3. The molecule has 0 spiro atoms. The van der Waals surface area contributed by atoms with E-state index in [2.05, 4.69) is 4.99 Å². The smallest absolute Gasteiger partial charge is 0.363 e. The molecule has 0 radical (unpaired) electrons. The van der Waals surface area contributed by atoms with Gasteiger partial charge < -0.3 is 4.74 Å². The third-order valence-electron chi connectivity index (χ3n) is 3.93. The maximum atomic E-state index is 12.9. The Balaban J connectivity index is 1.74. The van der Waals surface area contributed by atoms with Crippen molar-refractivity contribution in [3.05, 3.63) is 76.2 Å². The minimum Gasteiger partial charge on any atom is -0.407 e. The first-order valence-electron chi connectivity index (χ1n) is 7.84. The number of hydrogen-bond acceptors (Lipinski definition) is 3. The second-order valence-electron chi connectivity index (χ2n) is 5.91. The zero-order chi connectivity index (χ0) is 17.1. The third-order valence-corrected chi connectivity index (χ3v) is 3.93. The summed E-state index contributed by atoms with van der Waals surface area (Å²) >= 11 is 0. The van der Waals surface area contributed by atoms with Crippen molar-refractivity contribution >= 4 is 17.9 Å². The average molecular weight is 323 g/mol. The molecule has 0 amide bonds. The molecule has 0 saturated heterocycles. The molecule has 1 heterocycles. The van der Waals surface area contributed by atoms with Crippen LogP contribution in [0.4, 0.5) is 4.39 Å². The van der Waals surface area contributed by atoms with Crippen molar-refractivity contribution in [2.45, 2.75) is 26.7 Å². The summed E-state index contributed by atoms with van der Waals surface area (Å²) in [5.41, 5.74) is 4.46. The largest absolute Gasteiger partial charge is 0.407 e. The molecule has 2 aromatic rings. The Morgan fingerprint density at radius 3 is 2.58 bits per heavy atom. The van der Waals surface area contributed by atoms with Crippen molar-refractivity contribution < 1.29 is 13.9 Å². The van der Waals surface area contributed by atoms with E-state index in [0.717, 1.165) is 22.3 Å². The van der Waals surface area contributed by atoms with Crippen LogP contribution >= 0.6 is 0 Å². The third kappa shape index (κ3) is 3.77. The van der Waals surface area contributed by atoms with E-state index in [9.17, 15) is 9.18 Å². The van der Waals surface area contributed by atoms with Crippen molar-refractivity contribution in [3.63, 3.8) is 0 Å². The number of benzene rings is 2. The van der Waals surface area contributed by atoms with Gasteiger partial charge in [0, 0.05) is 6.42 Å². The van der Waals surface area contributed by atoms with Gasteiger partial charge in [-0.15, -0.1) is 0 Å². The summed E-state index contributed by atoms with van der Waals surface area (Å²) in [6.45, 7) is 4.00. The van der Waals surface area contributed by atoms with Crippen molar-refractivity contribution in [2.24, 2.45) is 4.99 Å². The number of aliphatic imine (C=N–C) groups is 1. The van der Waals surface area contributed by atoms with Gasteiger partial charge in [-0.2, -0.15) is 0 Å². The van der Waals surface area contributed by atoms with E-state index in [1.54, 1.807) is 18.2 Å². The summed E-state index contributed by atoms with van der Waals surface area (Å²) < 4.78 is 18.1. The van der Waals surface area contributed by atoms with Gasteiger partial charge in [0.15, 0.2) is 11.6 Å². The fourth-order valence-electron chi connectivity index (χ4n) is 2.53. The molecule has 4 heteroatoms. The molecule has 1 aliphatic heterocycles. The van der Waals surface area contributed by atoms with Crippen LogP contribution < -0.4 is 0 Å². The van der Waals surface area contributed by atoms with Gasteiger partial charge in [-0.1, -0.05) is 35.9 Å². The Kier molecular flexibility index (Phi) is 4.56. The van der Waals surface area contributed by atoms with E-state index in [4.69, 9.17) is 4.74 Å². The van der Waals surface area contributed by atoms with E-state index >= 15 is 0 Å². The number of carbonyl (C=O) groups is 1. The van der Waals surface area contributed by atoms with Crippen LogP contribution in [0, 0.1) is 19.7 Å². The van der Waals surface area contributed by atoms with Gasteiger partial charge in [-0.05, 0) is 55.2 Å². The highest BCUT2D eigenvalue weighted by Crippen LogP contribution is 2.20. The number of hydrogen-bond donors (Lipinski definition) is 0. The molecular formula is C20H18FNO2. The van der Waals surface area contributed by atoms with Crippen LogP contribution in [-0.4, -0.2) is 11.9 Å². The quantitative estimate of drug-likeness (QED) is 0.619. The zero-order valence-electron chi connectivity index (χ0n) is 13.7. The number of esters is 1. The molecule has 2 aromatic carbocycles. The van der Waals surface area contributed by atoms with Crippen LogP contribution in [0.1, 0.15) is 28.7 Å². The van der Waals surface area contributed by atoms with Gasteiger partial charge in [0.05, 0.1) is 0 Å². The van der Waals surface area contributed by atoms with E-state index in [1.165, 1.54) is 12.1 Å². The standard InChI is InChI=1S/C20H18FNO2/c1-13-3-4-14(2)16(11-13)12-18-20(23)24-19(22-18)10-7-15-5-8-17(21)9-6-15/h3-6,8-9,11-12H,7,10H2,1-2H3/b18-12+. The van der Waals surface area contributed by atoms with Crippen LogP contribution in [0.15, 0.2) is 53.2 Å². The van der Waals surface area contributed by atoms with E-state index in [0.29, 0.717) is 24.4 Å². The number of nitrogens with zero attached hydrogens (tertiary/aromatic N) is 1. The molecule has 0 N–H and O–H groups in total. The van der Waals surface area contributed by atoms with Crippen molar-refractivity contribution in [3.8, 4) is 0 Å². The summed E-state index contributed by atoms with van der Waals surface area (Å²) in [6, 6.07) is 12.3. The highest BCUT2D eigenvalue weighted by molar-refractivity contribution is 6.07. The predicted molar refractivity (Wildman–Crippen MR) is 92.1 cm³/mol. The summed E-state index contributed by atoms with van der Waals surface area (Å²) in [7, 11) is 0. The minimum atomic E-state index is -0.426. The van der Waals surface area contributed by atoms with E-state index < -0.39 is 5.97 Å². The second kappa shape index (κ2) is 6.79. The fourth-order valence-corrected chi connectivity index (χ4v) is 2.53. The summed E-state index contributed by atoms with van der Waals surface area (Å²) in [5, 5.41) is 0. The van der Waals surface area contributed by atoms with Gasteiger partial charge in [-0.3, -0.25) is 0 Å². The lowest BCUT2D eigenvalue weighted by Crippen LogP contribution is -2.05. The second-order valence-corrected chi connectivity index (χ2v) is 5.91. The van der Waals surface area contributed by atoms with Crippen molar-refractivity contribution in [1.82, 2.24) is 0 Å². The van der Waals surface area contributed by atoms with Crippen molar-refractivity contribution in [2.75, 3.05) is 0 Å². The summed E-state index contributed by atoms with van der Waals surface area (Å²) in [6.07, 6.45) is 2.90. The molecule has 0 aliphatic carbocycles. The van der Waals surface area contributed by atoms with Gasteiger partial charge >= 0.3 is 5.97 Å². The van der Waals surface area contributed by atoms with Crippen LogP contribution in [0.2, 0.25) is 0 Å². The number of halogens is 1. The van der Waals surface area contributed by atoms with Gasteiger partial charge in [0.2, 0.25) is 0 Å². The molecule has 24 heavy (non-hydrogen) atoms.